The summed E-state index contributed by atoms with van der Waals surface area (Å²) in [6.45, 7) is 8.63. The maximum Gasteiger partial charge on any atom is 0.251 e. The van der Waals surface area contributed by atoms with Gasteiger partial charge in [0.25, 0.3) is 5.91 Å². The quantitative estimate of drug-likeness (QED) is 0.762. The summed E-state index contributed by atoms with van der Waals surface area (Å²) in [6, 6.07) is 0. The van der Waals surface area contributed by atoms with Crippen molar-refractivity contribution in [3.05, 3.63) is 0 Å². The van der Waals surface area contributed by atoms with E-state index in [1.807, 2.05) is 0 Å². The third-order valence-electron chi connectivity index (χ3n) is 2.28. The fourth-order valence-corrected chi connectivity index (χ4v) is 1.31. The van der Waals surface area contributed by atoms with Gasteiger partial charge in [0.2, 0.25) is 0 Å². The summed E-state index contributed by atoms with van der Waals surface area (Å²) in [5.41, 5.74) is 0.247. The Morgan fingerprint density at radius 2 is 2.13 bits per heavy atom. The minimum absolute atomic E-state index is 0.0565. The SMILES string of the molecule is CC(C)(C)CCNC(=O)[C@@H]1COCCO1. The van der Waals surface area contributed by atoms with E-state index < -0.39 is 6.10 Å². The minimum atomic E-state index is -0.418. The molecule has 1 aliphatic heterocycles. The van der Waals surface area contributed by atoms with E-state index in [9.17, 15) is 4.79 Å². The second-order valence-corrected chi connectivity index (χ2v) is 5.04. The standard InChI is InChI=1S/C11H21NO3/c1-11(2,3)4-5-12-10(13)9-8-14-6-7-15-9/h9H,4-8H2,1-3H3,(H,12,13)/t9-/m0/s1. The minimum Gasteiger partial charge on any atom is -0.376 e. The molecule has 1 amide bonds. The molecule has 1 rings (SSSR count). The molecule has 0 saturated carbocycles. The van der Waals surface area contributed by atoms with Crippen LogP contribution < -0.4 is 5.32 Å². The zero-order valence-corrected chi connectivity index (χ0v) is 9.84. The fraction of sp³-hybridized carbons (Fsp3) is 0.909. The van der Waals surface area contributed by atoms with Crippen molar-refractivity contribution in [2.45, 2.75) is 33.3 Å². The van der Waals surface area contributed by atoms with Gasteiger partial charge in [-0.25, -0.2) is 0 Å². The number of carbonyl (C=O) groups excluding carboxylic acids is 1. The van der Waals surface area contributed by atoms with Crippen LogP contribution in [0.15, 0.2) is 0 Å². The van der Waals surface area contributed by atoms with Crippen molar-refractivity contribution in [2.24, 2.45) is 5.41 Å². The Morgan fingerprint density at radius 1 is 1.40 bits per heavy atom. The molecule has 0 aromatic heterocycles. The van der Waals surface area contributed by atoms with Gasteiger partial charge in [0.05, 0.1) is 19.8 Å². The lowest BCUT2D eigenvalue weighted by Crippen LogP contribution is -2.43. The van der Waals surface area contributed by atoms with E-state index in [0.717, 1.165) is 6.42 Å². The third-order valence-corrected chi connectivity index (χ3v) is 2.28. The fourth-order valence-electron chi connectivity index (χ4n) is 1.31. The van der Waals surface area contributed by atoms with Crippen molar-refractivity contribution in [1.29, 1.82) is 0 Å². The molecule has 0 bridgehead atoms. The topological polar surface area (TPSA) is 47.6 Å². The number of nitrogens with one attached hydrogen (secondary N) is 1. The third kappa shape index (κ3) is 5.14. The Hall–Kier alpha value is -0.610. The molecule has 0 aliphatic carbocycles. The lowest BCUT2D eigenvalue weighted by Gasteiger charge is -2.23. The lowest BCUT2D eigenvalue weighted by molar-refractivity contribution is -0.147. The van der Waals surface area contributed by atoms with Gasteiger partial charge < -0.3 is 14.8 Å². The zero-order valence-electron chi connectivity index (χ0n) is 9.84. The molecule has 0 spiro atoms. The van der Waals surface area contributed by atoms with Gasteiger partial charge in [-0.1, -0.05) is 20.8 Å². The number of amides is 1. The lowest BCUT2D eigenvalue weighted by atomic mass is 9.92. The van der Waals surface area contributed by atoms with Crippen LogP contribution in [0.2, 0.25) is 0 Å². The number of carbonyl (C=O) groups is 1. The first-order valence-electron chi connectivity index (χ1n) is 5.46. The molecule has 0 aromatic rings. The van der Waals surface area contributed by atoms with Crippen LogP contribution in [0.25, 0.3) is 0 Å². The smallest absolute Gasteiger partial charge is 0.251 e. The van der Waals surface area contributed by atoms with Crippen molar-refractivity contribution in [1.82, 2.24) is 5.32 Å². The summed E-state index contributed by atoms with van der Waals surface area (Å²) in [5, 5.41) is 2.86. The van der Waals surface area contributed by atoms with E-state index >= 15 is 0 Å². The highest BCUT2D eigenvalue weighted by molar-refractivity contribution is 5.80. The molecular formula is C11H21NO3. The van der Waals surface area contributed by atoms with E-state index in [1.54, 1.807) is 0 Å². The Bertz CT molecular complexity index is 204. The zero-order chi connectivity index (χ0) is 11.3. The Kier molecular flexibility index (Phi) is 4.54. The molecule has 1 fully saturated rings. The first kappa shape index (κ1) is 12.5. The summed E-state index contributed by atoms with van der Waals surface area (Å²) in [4.78, 5) is 11.6. The van der Waals surface area contributed by atoms with Crippen LogP contribution in [-0.4, -0.2) is 38.4 Å². The van der Waals surface area contributed by atoms with Gasteiger partial charge in [0.1, 0.15) is 0 Å². The normalized spacial score (nSPS) is 22.5. The first-order valence-corrected chi connectivity index (χ1v) is 5.46. The molecule has 1 N–H and O–H groups in total. The Balaban J connectivity index is 2.17. The van der Waals surface area contributed by atoms with E-state index in [-0.39, 0.29) is 11.3 Å². The summed E-state index contributed by atoms with van der Waals surface area (Å²) < 4.78 is 10.4. The number of hydrogen-bond acceptors (Lipinski definition) is 3. The maximum absolute atomic E-state index is 11.6. The molecule has 4 nitrogen and oxygen atoms in total. The van der Waals surface area contributed by atoms with Gasteiger partial charge in [-0.15, -0.1) is 0 Å². The summed E-state index contributed by atoms with van der Waals surface area (Å²) in [6.07, 6.45) is 0.547. The van der Waals surface area contributed by atoms with E-state index in [1.165, 1.54) is 0 Å². The molecule has 1 aliphatic rings. The molecule has 1 heterocycles. The predicted octanol–water partition coefficient (Wildman–Crippen LogP) is 0.954. The molecule has 88 valence electrons. The largest absolute Gasteiger partial charge is 0.376 e. The van der Waals surface area contributed by atoms with Crippen LogP contribution in [0.3, 0.4) is 0 Å². The van der Waals surface area contributed by atoms with Gasteiger partial charge in [-0.05, 0) is 11.8 Å². The maximum atomic E-state index is 11.6. The van der Waals surface area contributed by atoms with Gasteiger partial charge in [-0.3, -0.25) is 4.79 Å². The number of ether oxygens (including phenoxy) is 2. The van der Waals surface area contributed by atoms with Gasteiger partial charge >= 0.3 is 0 Å². The highest BCUT2D eigenvalue weighted by atomic mass is 16.6. The van der Waals surface area contributed by atoms with Gasteiger partial charge in [0, 0.05) is 6.54 Å². The monoisotopic (exact) mass is 215 g/mol. The van der Waals surface area contributed by atoms with Gasteiger partial charge in [0.15, 0.2) is 6.10 Å². The van der Waals surface area contributed by atoms with Crippen LogP contribution in [0.4, 0.5) is 0 Å². The summed E-state index contributed by atoms with van der Waals surface area (Å²) >= 11 is 0. The van der Waals surface area contributed by atoms with E-state index in [4.69, 9.17) is 9.47 Å². The Morgan fingerprint density at radius 3 is 2.67 bits per heavy atom. The second-order valence-electron chi connectivity index (χ2n) is 5.04. The van der Waals surface area contributed by atoms with E-state index in [2.05, 4.69) is 26.1 Å². The van der Waals surface area contributed by atoms with Crippen LogP contribution in [0, 0.1) is 5.41 Å². The second kappa shape index (κ2) is 5.47. The molecule has 0 radical (unpaired) electrons. The number of hydrogen-bond donors (Lipinski definition) is 1. The van der Waals surface area contributed by atoms with Crippen molar-refractivity contribution in [3.8, 4) is 0 Å². The van der Waals surface area contributed by atoms with Crippen LogP contribution in [0.5, 0.6) is 0 Å². The molecule has 1 atom stereocenters. The van der Waals surface area contributed by atoms with Crippen molar-refractivity contribution in [2.75, 3.05) is 26.4 Å². The molecule has 0 unspecified atom stereocenters. The molecule has 0 aromatic carbocycles. The highest BCUT2D eigenvalue weighted by Gasteiger charge is 2.22. The van der Waals surface area contributed by atoms with Crippen LogP contribution in [-0.2, 0) is 14.3 Å². The molecule has 15 heavy (non-hydrogen) atoms. The van der Waals surface area contributed by atoms with Crippen LogP contribution >= 0.6 is 0 Å². The summed E-state index contributed by atoms with van der Waals surface area (Å²) in [5.74, 6) is -0.0565. The average Bonchev–Trinajstić information content (AvgIpc) is 2.17. The van der Waals surface area contributed by atoms with Gasteiger partial charge in [-0.2, -0.15) is 0 Å². The highest BCUT2D eigenvalue weighted by Crippen LogP contribution is 2.16. The molecule has 1 saturated heterocycles. The van der Waals surface area contributed by atoms with Crippen LogP contribution in [0.1, 0.15) is 27.2 Å². The van der Waals surface area contributed by atoms with Crippen molar-refractivity contribution < 1.29 is 14.3 Å². The van der Waals surface area contributed by atoms with Crippen molar-refractivity contribution >= 4 is 5.91 Å². The predicted molar refractivity (Wildman–Crippen MR) is 57.6 cm³/mol. The summed E-state index contributed by atoms with van der Waals surface area (Å²) in [7, 11) is 0. The first-order chi connectivity index (χ1) is 6.99. The Labute approximate surface area is 91.3 Å². The molecular weight excluding hydrogens is 194 g/mol. The average molecular weight is 215 g/mol. The molecule has 4 heteroatoms. The van der Waals surface area contributed by atoms with Crippen molar-refractivity contribution in [3.63, 3.8) is 0 Å². The number of rotatable bonds is 3. The van der Waals surface area contributed by atoms with E-state index in [0.29, 0.717) is 26.4 Å².